The topological polar surface area (TPSA) is 44.9 Å². The summed E-state index contributed by atoms with van der Waals surface area (Å²) in [7, 11) is 0. The first kappa shape index (κ1) is 39.7. The molecule has 0 saturated heterocycles. The molecule has 0 radical (unpaired) electrons. The van der Waals surface area contributed by atoms with Crippen molar-refractivity contribution in [3.63, 3.8) is 0 Å². The fraction of sp³-hybridized carbons (Fsp3) is 0.417. The zero-order valence-electron chi connectivity index (χ0n) is 33.6. The first-order valence-electron chi connectivity index (χ1n) is 19.9. The molecule has 0 N–H and O–H groups in total. The Labute approximate surface area is 337 Å². The number of nitrogens with zero attached hydrogens (tertiary/aromatic N) is 4. The molecule has 5 nitrogen and oxygen atoms in total. The maximum absolute atomic E-state index is 6.79. The van der Waals surface area contributed by atoms with Crippen molar-refractivity contribution in [1.29, 1.82) is 0 Å². The summed E-state index contributed by atoms with van der Waals surface area (Å²) in [5.41, 5.74) is 10.8. The summed E-state index contributed by atoms with van der Waals surface area (Å²) in [4.78, 5) is 4.86. The minimum Gasteiger partial charge on any atom is -0.509 e. The Hall–Kier alpha value is -3.95. The van der Waals surface area contributed by atoms with Gasteiger partial charge in [-0.05, 0) is 91.1 Å². The molecule has 7 rings (SSSR count). The van der Waals surface area contributed by atoms with Crippen molar-refractivity contribution < 1.29 is 25.8 Å². The van der Waals surface area contributed by atoms with Crippen LogP contribution < -0.4 is 4.74 Å². The van der Waals surface area contributed by atoms with E-state index < -0.39 is 0 Å². The molecule has 3 aromatic heterocycles. The molecule has 3 heterocycles. The van der Waals surface area contributed by atoms with E-state index in [1.54, 1.807) is 0 Å². The molecule has 6 aromatic rings. The molecule has 54 heavy (non-hydrogen) atoms. The molecule has 1 aliphatic rings. The number of fused-ring (bicyclic) bond motifs is 3. The summed E-state index contributed by atoms with van der Waals surface area (Å²) in [5, 5.41) is 7.71. The standard InChI is InChI=1S/C48H56N4O.Pt/c1-10-15-41-47(46-32(5)17-14-18-33(46)6)43(16-11-2)52(50-41)36-27-35(48(7,8)9)28-38(29-36)53-37-21-22-40-39-19-12-13-20-42(39)51(44(40)30-37)45-26-34(23-24-49-45)25-31(3)4;/h12-13,17,19-24,26-28,31,33,46H,10-11,14-16,18,25H2,1-9H3;/q-2;+2/t33-,46?;/m0./s1. The van der Waals surface area contributed by atoms with Gasteiger partial charge in [-0.15, -0.1) is 41.3 Å². The minimum absolute atomic E-state index is 0. The van der Waals surface area contributed by atoms with Crippen LogP contribution in [-0.4, -0.2) is 19.3 Å². The van der Waals surface area contributed by atoms with E-state index in [-0.39, 0.29) is 26.5 Å². The summed E-state index contributed by atoms with van der Waals surface area (Å²) < 4.78 is 11.2. The van der Waals surface area contributed by atoms with Gasteiger partial charge in [0.05, 0.1) is 5.69 Å². The maximum atomic E-state index is 6.79. The number of ether oxygens (including phenoxy) is 1. The molecular weight excluding hydrogens is 844 g/mol. The number of hydrogen-bond acceptors (Lipinski definition) is 3. The van der Waals surface area contributed by atoms with Gasteiger partial charge in [0.15, 0.2) is 0 Å². The summed E-state index contributed by atoms with van der Waals surface area (Å²) in [5.74, 6) is 3.75. The monoisotopic (exact) mass is 899 g/mol. The number of aromatic nitrogens is 4. The van der Waals surface area contributed by atoms with Crippen LogP contribution >= 0.6 is 0 Å². The predicted molar refractivity (Wildman–Crippen MR) is 220 cm³/mol. The second-order valence-electron chi connectivity index (χ2n) is 16.7. The SMILES string of the molecule is CCCc1nn(-c2[c-]c(Oc3[c-]c4c(cc3)c3ccccc3n4-c3cc(CC(C)C)ccn3)cc(C(C)(C)C)c2)c(CCC)c1C1C(C)=CCC[C@@H]1C.[Pt+2]. The molecule has 3 aromatic carbocycles. The average molecular weight is 900 g/mol. The number of aryl methyl sites for hydroxylation is 1. The summed E-state index contributed by atoms with van der Waals surface area (Å²) in [6, 6.07) is 28.8. The van der Waals surface area contributed by atoms with Crippen LogP contribution in [0, 0.1) is 24.0 Å². The van der Waals surface area contributed by atoms with Crippen LogP contribution in [0.5, 0.6) is 11.5 Å². The van der Waals surface area contributed by atoms with Crippen molar-refractivity contribution in [2.45, 2.75) is 119 Å². The molecule has 284 valence electrons. The van der Waals surface area contributed by atoms with Gasteiger partial charge in [-0.25, -0.2) is 4.98 Å². The number of hydrogen-bond donors (Lipinski definition) is 0. The van der Waals surface area contributed by atoms with Crippen molar-refractivity contribution in [1.82, 2.24) is 19.3 Å². The summed E-state index contributed by atoms with van der Waals surface area (Å²) >= 11 is 0. The van der Waals surface area contributed by atoms with Gasteiger partial charge < -0.3 is 9.30 Å². The Morgan fingerprint density at radius 3 is 2.43 bits per heavy atom. The third-order valence-electron chi connectivity index (χ3n) is 10.9. The van der Waals surface area contributed by atoms with Crippen molar-refractivity contribution in [2.75, 3.05) is 0 Å². The Bertz CT molecular complexity index is 2280. The fourth-order valence-corrected chi connectivity index (χ4v) is 8.40. The van der Waals surface area contributed by atoms with E-state index in [2.05, 4.69) is 144 Å². The van der Waals surface area contributed by atoms with Crippen molar-refractivity contribution in [2.24, 2.45) is 11.8 Å². The number of para-hydroxylation sites is 1. The summed E-state index contributed by atoms with van der Waals surface area (Å²) in [6.45, 7) is 20.6. The van der Waals surface area contributed by atoms with Crippen LogP contribution in [0.25, 0.3) is 33.3 Å². The van der Waals surface area contributed by atoms with Crippen molar-refractivity contribution in [3.8, 4) is 23.0 Å². The number of allylic oxidation sites excluding steroid dienone is 2. The third-order valence-corrected chi connectivity index (χ3v) is 10.9. The molecule has 0 bridgehead atoms. The van der Waals surface area contributed by atoms with Gasteiger partial charge in [-0.3, -0.25) is 4.68 Å². The molecule has 1 unspecified atom stereocenters. The van der Waals surface area contributed by atoms with Crippen LogP contribution in [0.1, 0.15) is 122 Å². The molecule has 0 saturated carbocycles. The predicted octanol–water partition coefficient (Wildman–Crippen LogP) is 12.6. The number of rotatable bonds is 11. The normalized spacial score (nSPS) is 16.2. The molecule has 0 amide bonds. The van der Waals surface area contributed by atoms with E-state index in [9.17, 15) is 0 Å². The number of pyridine rings is 1. The second kappa shape index (κ2) is 16.4. The van der Waals surface area contributed by atoms with Gasteiger partial charge in [0, 0.05) is 40.4 Å². The number of benzene rings is 3. The van der Waals surface area contributed by atoms with Crippen LogP contribution in [0.2, 0.25) is 0 Å². The van der Waals surface area contributed by atoms with Gasteiger partial charge in [-0.2, -0.15) is 11.2 Å². The van der Waals surface area contributed by atoms with E-state index >= 15 is 0 Å². The molecule has 6 heteroatoms. The average Bonchev–Trinajstić information content (AvgIpc) is 3.63. The molecule has 0 aliphatic heterocycles. The quantitative estimate of drug-likeness (QED) is 0.0961. The largest absolute Gasteiger partial charge is 2.00 e. The maximum Gasteiger partial charge on any atom is 2.00 e. The van der Waals surface area contributed by atoms with Gasteiger partial charge in [0.25, 0.3) is 0 Å². The van der Waals surface area contributed by atoms with E-state index in [0.29, 0.717) is 29.3 Å². The fourth-order valence-electron chi connectivity index (χ4n) is 8.40. The smallest absolute Gasteiger partial charge is 0.509 e. The third kappa shape index (κ3) is 7.90. The van der Waals surface area contributed by atoms with Gasteiger partial charge in [0.2, 0.25) is 0 Å². The zero-order valence-corrected chi connectivity index (χ0v) is 35.9. The van der Waals surface area contributed by atoms with Gasteiger partial charge in [0.1, 0.15) is 5.82 Å². The van der Waals surface area contributed by atoms with Gasteiger partial charge >= 0.3 is 21.1 Å². The van der Waals surface area contributed by atoms with E-state index in [4.69, 9.17) is 14.8 Å². The Morgan fingerprint density at radius 2 is 1.70 bits per heavy atom. The van der Waals surface area contributed by atoms with Crippen LogP contribution in [0.15, 0.2) is 78.5 Å². The van der Waals surface area contributed by atoms with Gasteiger partial charge in [-0.1, -0.05) is 104 Å². The van der Waals surface area contributed by atoms with Crippen molar-refractivity contribution >= 4 is 21.8 Å². The first-order chi connectivity index (χ1) is 25.5. The molecule has 1 aliphatic carbocycles. The van der Waals surface area contributed by atoms with Crippen LogP contribution in [-0.2, 0) is 45.7 Å². The van der Waals surface area contributed by atoms with Crippen molar-refractivity contribution in [3.05, 3.63) is 119 Å². The molecule has 0 fully saturated rings. The minimum atomic E-state index is -0.112. The molecule has 2 atom stereocenters. The Kier molecular flexibility index (Phi) is 12.1. The zero-order chi connectivity index (χ0) is 37.4. The Morgan fingerprint density at radius 1 is 0.926 bits per heavy atom. The van der Waals surface area contributed by atoms with E-state index in [0.717, 1.165) is 66.4 Å². The van der Waals surface area contributed by atoms with Crippen LogP contribution in [0.3, 0.4) is 0 Å². The second-order valence-corrected chi connectivity index (χ2v) is 16.7. The summed E-state index contributed by atoms with van der Waals surface area (Å²) in [6.07, 6.45) is 11.8. The molecule has 0 spiro atoms. The Balaban J connectivity index is 0.00000497. The van der Waals surface area contributed by atoms with E-state index in [1.807, 2.05) is 12.3 Å². The molecular formula is C48H56N4OPt. The first-order valence-corrected chi connectivity index (χ1v) is 19.9. The van der Waals surface area contributed by atoms with Crippen LogP contribution in [0.4, 0.5) is 0 Å². The van der Waals surface area contributed by atoms with E-state index in [1.165, 1.54) is 45.5 Å².